The van der Waals surface area contributed by atoms with Crippen molar-refractivity contribution >= 4 is 16.9 Å². The second-order valence-corrected chi connectivity index (χ2v) is 9.65. The van der Waals surface area contributed by atoms with Crippen molar-refractivity contribution in [3.05, 3.63) is 68.0 Å². The highest BCUT2D eigenvalue weighted by atomic mass is 16.5. The smallest absolute Gasteiger partial charge is 0.329 e. The number of carbonyl (C=O) groups excluding carboxylic acids is 1. The predicted molar refractivity (Wildman–Crippen MR) is 136 cm³/mol. The topological polar surface area (TPSA) is 107 Å². The summed E-state index contributed by atoms with van der Waals surface area (Å²) in [5.74, 6) is 0.688. The molecule has 2 aliphatic rings. The molecule has 1 aliphatic carbocycles. The number of aromatic amines is 1. The van der Waals surface area contributed by atoms with Crippen LogP contribution in [0.1, 0.15) is 66.6 Å². The number of hydrogen-bond donors (Lipinski definition) is 1. The van der Waals surface area contributed by atoms with Gasteiger partial charge in [-0.25, -0.2) is 9.78 Å². The molecule has 0 bridgehead atoms. The number of fused-ring (bicyclic) bond motifs is 1. The highest BCUT2D eigenvalue weighted by Crippen LogP contribution is 2.40. The molecule has 0 spiro atoms. The Hall–Kier alpha value is -3.46. The molecule has 1 aliphatic heterocycles. The lowest BCUT2D eigenvalue weighted by molar-refractivity contribution is 0.0508. The Kier molecular flexibility index (Phi) is 6.91. The molecule has 1 saturated heterocycles. The lowest BCUT2D eigenvalue weighted by atomic mass is 10.1. The number of pyridine rings is 1. The van der Waals surface area contributed by atoms with Gasteiger partial charge in [-0.15, -0.1) is 0 Å². The molecule has 3 aromatic rings. The number of nitrogens with one attached hydrogen (secondary N) is 1. The van der Waals surface area contributed by atoms with Gasteiger partial charge in [0.05, 0.1) is 24.2 Å². The second kappa shape index (κ2) is 10.3. The third-order valence-electron chi connectivity index (χ3n) is 6.88. The molecule has 1 N–H and O–H groups in total. The molecule has 1 amide bonds. The maximum atomic E-state index is 14.2. The molecule has 190 valence electrons. The SMILES string of the molecule is CCCn1c(=O)[nH]c(=O)c2c(C(=O)N(Cc3cccc(OC)c3)CC3CCCO3)cc(C3CC3)nc21. The number of rotatable bonds is 9. The molecular formula is C27H32N4O5. The van der Waals surface area contributed by atoms with Gasteiger partial charge < -0.3 is 14.4 Å². The van der Waals surface area contributed by atoms with Crippen molar-refractivity contribution in [1.82, 2.24) is 19.4 Å². The van der Waals surface area contributed by atoms with Gasteiger partial charge in [0.25, 0.3) is 11.5 Å². The number of aromatic nitrogens is 3. The molecule has 3 heterocycles. The predicted octanol–water partition coefficient (Wildman–Crippen LogP) is 3.20. The average molecular weight is 493 g/mol. The van der Waals surface area contributed by atoms with E-state index in [1.54, 1.807) is 18.1 Å². The molecule has 1 unspecified atom stereocenters. The third kappa shape index (κ3) is 4.93. The number of carbonyl (C=O) groups is 1. The summed E-state index contributed by atoms with van der Waals surface area (Å²) in [6, 6.07) is 9.36. The van der Waals surface area contributed by atoms with Gasteiger partial charge in [0.1, 0.15) is 5.75 Å². The first kappa shape index (κ1) is 24.2. The molecule has 1 aromatic carbocycles. The Balaban J connectivity index is 1.62. The fourth-order valence-electron chi connectivity index (χ4n) is 4.90. The maximum absolute atomic E-state index is 14.2. The average Bonchev–Trinajstić information content (AvgIpc) is 3.61. The van der Waals surface area contributed by atoms with Crippen molar-refractivity contribution in [3.8, 4) is 5.75 Å². The Bertz CT molecular complexity index is 1390. The van der Waals surface area contributed by atoms with Gasteiger partial charge in [-0.1, -0.05) is 19.1 Å². The van der Waals surface area contributed by atoms with Crippen LogP contribution in [0, 0.1) is 0 Å². The van der Waals surface area contributed by atoms with Crippen molar-refractivity contribution in [2.75, 3.05) is 20.3 Å². The van der Waals surface area contributed by atoms with Crippen molar-refractivity contribution < 1.29 is 14.3 Å². The minimum Gasteiger partial charge on any atom is -0.497 e. The van der Waals surface area contributed by atoms with Crippen LogP contribution in [-0.2, 0) is 17.8 Å². The van der Waals surface area contributed by atoms with Crippen LogP contribution in [0.25, 0.3) is 11.0 Å². The van der Waals surface area contributed by atoms with E-state index in [4.69, 9.17) is 14.5 Å². The van der Waals surface area contributed by atoms with Crippen LogP contribution in [0.5, 0.6) is 5.75 Å². The van der Waals surface area contributed by atoms with E-state index in [2.05, 4.69) is 4.98 Å². The highest BCUT2D eigenvalue weighted by Gasteiger charge is 2.31. The summed E-state index contributed by atoms with van der Waals surface area (Å²) >= 11 is 0. The molecule has 5 rings (SSSR count). The van der Waals surface area contributed by atoms with Gasteiger partial charge in [0.15, 0.2) is 5.65 Å². The Morgan fingerprint density at radius 1 is 1.25 bits per heavy atom. The Morgan fingerprint density at radius 2 is 2.08 bits per heavy atom. The second-order valence-electron chi connectivity index (χ2n) is 9.65. The Morgan fingerprint density at radius 3 is 2.78 bits per heavy atom. The zero-order valence-corrected chi connectivity index (χ0v) is 20.8. The molecule has 2 fully saturated rings. The first-order chi connectivity index (χ1) is 17.5. The molecule has 9 nitrogen and oxygen atoms in total. The van der Waals surface area contributed by atoms with Crippen LogP contribution in [0.3, 0.4) is 0 Å². The van der Waals surface area contributed by atoms with E-state index in [0.717, 1.165) is 36.9 Å². The summed E-state index contributed by atoms with van der Waals surface area (Å²) < 4.78 is 12.7. The number of ether oxygens (including phenoxy) is 2. The van der Waals surface area contributed by atoms with Crippen LogP contribution >= 0.6 is 0 Å². The standard InChI is InChI=1S/C27H32N4O5/c1-3-11-31-24-23(25(32)29-27(31)34)21(14-22(28-24)18-9-10-18)26(33)30(16-20-8-5-12-36-20)15-17-6-4-7-19(13-17)35-2/h4,6-7,13-14,18,20H,3,5,8-12,15-16H2,1-2H3,(H,29,32,34). The van der Waals surface area contributed by atoms with Crippen LogP contribution in [0.4, 0.5) is 0 Å². The summed E-state index contributed by atoms with van der Waals surface area (Å²) in [5.41, 5.74) is 1.17. The fraction of sp³-hybridized carbons (Fsp3) is 0.481. The van der Waals surface area contributed by atoms with E-state index in [1.807, 2.05) is 31.2 Å². The van der Waals surface area contributed by atoms with E-state index in [-0.39, 0.29) is 34.5 Å². The molecule has 9 heteroatoms. The van der Waals surface area contributed by atoms with Crippen LogP contribution in [0.2, 0.25) is 0 Å². The van der Waals surface area contributed by atoms with E-state index in [1.165, 1.54) is 4.57 Å². The maximum Gasteiger partial charge on any atom is 0.329 e. The van der Waals surface area contributed by atoms with Crippen LogP contribution < -0.4 is 16.0 Å². The monoisotopic (exact) mass is 492 g/mol. The number of amides is 1. The number of H-pyrrole nitrogens is 1. The van der Waals surface area contributed by atoms with Crippen molar-refractivity contribution in [2.24, 2.45) is 0 Å². The van der Waals surface area contributed by atoms with Crippen LogP contribution in [0.15, 0.2) is 39.9 Å². The zero-order chi connectivity index (χ0) is 25.2. The Labute approximate surface area is 209 Å². The van der Waals surface area contributed by atoms with Crippen molar-refractivity contribution in [2.45, 2.75) is 64.1 Å². The number of nitrogens with zero attached hydrogens (tertiary/aromatic N) is 3. The van der Waals surface area contributed by atoms with Gasteiger partial charge in [0, 0.05) is 37.9 Å². The summed E-state index contributed by atoms with van der Waals surface area (Å²) in [5, 5.41) is 0.167. The van der Waals surface area contributed by atoms with Crippen LogP contribution in [-0.4, -0.2) is 51.7 Å². The van der Waals surface area contributed by atoms with E-state index >= 15 is 0 Å². The highest BCUT2D eigenvalue weighted by molar-refractivity contribution is 6.05. The van der Waals surface area contributed by atoms with Gasteiger partial charge in [0.2, 0.25) is 0 Å². The first-order valence-corrected chi connectivity index (χ1v) is 12.7. The molecule has 2 aromatic heterocycles. The van der Waals surface area contributed by atoms with E-state index in [0.29, 0.717) is 38.4 Å². The minimum absolute atomic E-state index is 0.0629. The number of aryl methyl sites for hydroxylation is 1. The normalized spacial score (nSPS) is 17.4. The lowest BCUT2D eigenvalue weighted by Crippen LogP contribution is -2.38. The van der Waals surface area contributed by atoms with E-state index in [9.17, 15) is 14.4 Å². The number of hydrogen-bond acceptors (Lipinski definition) is 6. The van der Waals surface area contributed by atoms with Crippen molar-refractivity contribution in [3.63, 3.8) is 0 Å². The molecular weight excluding hydrogens is 460 g/mol. The lowest BCUT2D eigenvalue weighted by Gasteiger charge is -2.26. The first-order valence-electron chi connectivity index (χ1n) is 12.7. The third-order valence-corrected chi connectivity index (χ3v) is 6.88. The molecule has 1 atom stereocenters. The molecule has 36 heavy (non-hydrogen) atoms. The van der Waals surface area contributed by atoms with Gasteiger partial charge in [-0.05, 0) is 55.9 Å². The quantitative estimate of drug-likeness (QED) is 0.492. The molecule has 0 radical (unpaired) electrons. The summed E-state index contributed by atoms with van der Waals surface area (Å²) in [4.78, 5) is 48.7. The number of methoxy groups -OCH3 is 1. The fourth-order valence-corrected chi connectivity index (χ4v) is 4.90. The largest absolute Gasteiger partial charge is 0.497 e. The number of benzene rings is 1. The zero-order valence-electron chi connectivity index (χ0n) is 20.8. The summed E-state index contributed by atoms with van der Waals surface area (Å²) in [7, 11) is 1.61. The van der Waals surface area contributed by atoms with E-state index < -0.39 is 11.2 Å². The van der Waals surface area contributed by atoms with Gasteiger partial charge in [-0.2, -0.15) is 0 Å². The summed E-state index contributed by atoms with van der Waals surface area (Å²) in [6.45, 7) is 3.79. The molecule has 1 saturated carbocycles. The van der Waals surface area contributed by atoms with Crippen molar-refractivity contribution in [1.29, 1.82) is 0 Å². The minimum atomic E-state index is -0.584. The summed E-state index contributed by atoms with van der Waals surface area (Å²) in [6.07, 6.45) is 4.43. The van der Waals surface area contributed by atoms with Gasteiger partial charge >= 0.3 is 5.69 Å². The van der Waals surface area contributed by atoms with Gasteiger partial charge in [-0.3, -0.25) is 19.1 Å².